The van der Waals surface area contributed by atoms with E-state index in [-0.39, 0.29) is 24.5 Å². The lowest BCUT2D eigenvalue weighted by Gasteiger charge is -2.32. The van der Waals surface area contributed by atoms with Crippen LogP contribution in [0.1, 0.15) is 36.8 Å². The van der Waals surface area contributed by atoms with Crippen molar-refractivity contribution < 1.29 is 14.3 Å². The lowest BCUT2D eigenvalue weighted by molar-refractivity contribution is -0.143. The molecule has 0 bridgehead atoms. The summed E-state index contributed by atoms with van der Waals surface area (Å²) in [5.74, 6) is 0.143. The molecule has 0 unspecified atom stereocenters. The van der Waals surface area contributed by atoms with Crippen LogP contribution in [0.3, 0.4) is 0 Å². The Morgan fingerprint density at radius 1 is 0.914 bits per heavy atom. The van der Waals surface area contributed by atoms with Crippen molar-refractivity contribution in [1.82, 2.24) is 10.2 Å². The number of carbonyl (C=O) groups excluding carboxylic acids is 2. The molecule has 0 aromatic heterocycles. The summed E-state index contributed by atoms with van der Waals surface area (Å²) in [5.41, 5.74) is 1.95. The van der Waals surface area contributed by atoms with E-state index >= 15 is 0 Å². The molecule has 1 atom stereocenters. The molecule has 0 radical (unpaired) electrons. The molecule has 3 aromatic rings. The van der Waals surface area contributed by atoms with Crippen molar-refractivity contribution in [2.45, 2.75) is 50.7 Å². The van der Waals surface area contributed by atoms with Crippen LogP contribution in [0.15, 0.2) is 84.9 Å². The molecule has 0 heterocycles. The maximum Gasteiger partial charge on any atom is 0.261 e. The van der Waals surface area contributed by atoms with Gasteiger partial charge in [-0.25, -0.2) is 0 Å². The van der Waals surface area contributed by atoms with E-state index in [2.05, 4.69) is 5.32 Å². The highest BCUT2D eigenvalue weighted by Gasteiger charge is 2.32. The molecule has 0 aliphatic heterocycles. The first-order valence-electron chi connectivity index (χ1n) is 12.1. The van der Waals surface area contributed by atoms with E-state index < -0.39 is 6.04 Å². The van der Waals surface area contributed by atoms with Crippen LogP contribution in [0, 0.1) is 0 Å². The Labute approximate surface area is 212 Å². The zero-order valence-electron chi connectivity index (χ0n) is 19.7. The number of benzene rings is 3. The fourth-order valence-corrected chi connectivity index (χ4v) is 4.67. The third kappa shape index (κ3) is 7.33. The molecule has 182 valence electrons. The Bertz CT molecular complexity index is 1100. The van der Waals surface area contributed by atoms with Crippen LogP contribution < -0.4 is 10.1 Å². The fourth-order valence-electron chi connectivity index (χ4n) is 4.49. The predicted octanol–water partition coefficient (Wildman–Crippen LogP) is 5.42. The molecule has 0 saturated heterocycles. The Balaban J connectivity index is 1.59. The minimum Gasteiger partial charge on any atom is -0.484 e. The molecule has 1 aliphatic rings. The third-order valence-corrected chi connectivity index (χ3v) is 6.56. The molecular formula is C29H31ClN2O3. The van der Waals surface area contributed by atoms with Crippen molar-refractivity contribution in [3.8, 4) is 5.75 Å². The van der Waals surface area contributed by atoms with E-state index in [0.717, 1.165) is 36.8 Å². The average molecular weight is 491 g/mol. The number of halogens is 1. The van der Waals surface area contributed by atoms with Gasteiger partial charge in [-0.05, 0) is 42.2 Å². The van der Waals surface area contributed by atoms with Gasteiger partial charge in [0.1, 0.15) is 11.8 Å². The van der Waals surface area contributed by atoms with Gasteiger partial charge in [0.15, 0.2) is 6.61 Å². The first-order chi connectivity index (χ1) is 17.1. The van der Waals surface area contributed by atoms with E-state index in [4.69, 9.17) is 16.3 Å². The largest absolute Gasteiger partial charge is 0.484 e. The molecular weight excluding hydrogens is 460 g/mol. The third-order valence-electron chi connectivity index (χ3n) is 6.33. The second-order valence-electron chi connectivity index (χ2n) is 8.95. The molecule has 1 fully saturated rings. The number of nitrogens with zero attached hydrogens (tertiary/aromatic N) is 1. The van der Waals surface area contributed by atoms with Crippen LogP contribution in [0.4, 0.5) is 0 Å². The van der Waals surface area contributed by atoms with Crippen molar-refractivity contribution >= 4 is 23.4 Å². The summed E-state index contributed by atoms with van der Waals surface area (Å²) in [5, 5.41) is 3.75. The van der Waals surface area contributed by atoms with Crippen LogP contribution >= 0.6 is 11.6 Å². The maximum atomic E-state index is 13.6. The van der Waals surface area contributed by atoms with Crippen LogP contribution in [0.25, 0.3) is 0 Å². The van der Waals surface area contributed by atoms with E-state index in [1.54, 1.807) is 29.2 Å². The molecule has 35 heavy (non-hydrogen) atoms. The molecule has 1 aliphatic carbocycles. The van der Waals surface area contributed by atoms with Crippen molar-refractivity contribution in [2.24, 2.45) is 0 Å². The van der Waals surface area contributed by atoms with Crippen molar-refractivity contribution in [2.75, 3.05) is 6.61 Å². The molecule has 0 spiro atoms. The number of ether oxygens (including phenoxy) is 1. The van der Waals surface area contributed by atoms with Gasteiger partial charge in [-0.2, -0.15) is 0 Å². The second kappa shape index (κ2) is 12.4. The highest BCUT2D eigenvalue weighted by Crippen LogP contribution is 2.21. The predicted molar refractivity (Wildman–Crippen MR) is 138 cm³/mol. The Hall–Kier alpha value is -3.31. The summed E-state index contributed by atoms with van der Waals surface area (Å²) < 4.78 is 5.77. The molecule has 1 saturated carbocycles. The van der Waals surface area contributed by atoms with Crippen LogP contribution in [0.2, 0.25) is 5.02 Å². The van der Waals surface area contributed by atoms with Gasteiger partial charge in [-0.15, -0.1) is 0 Å². The Morgan fingerprint density at radius 3 is 2.23 bits per heavy atom. The molecule has 6 heteroatoms. The highest BCUT2D eigenvalue weighted by atomic mass is 35.5. The summed E-state index contributed by atoms with van der Waals surface area (Å²) >= 11 is 6.07. The van der Waals surface area contributed by atoms with Gasteiger partial charge in [-0.1, -0.05) is 91.2 Å². The van der Waals surface area contributed by atoms with E-state index in [1.807, 2.05) is 60.7 Å². The molecule has 1 N–H and O–H groups in total. The minimum atomic E-state index is -0.659. The monoisotopic (exact) mass is 490 g/mol. The topological polar surface area (TPSA) is 58.6 Å². The van der Waals surface area contributed by atoms with Gasteiger partial charge in [0.25, 0.3) is 5.91 Å². The van der Waals surface area contributed by atoms with Gasteiger partial charge >= 0.3 is 0 Å². The number of hydrogen-bond acceptors (Lipinski definition) is 3. The van der Waals surface area contributed by atoms with Crippen molar-refractivity contribution in [3.05, 3.63) is 101 Å². The normalized spacial score (nSPS) is 14.3. The smallest absolute Gasteiger partial charge is 0.261 e. The summed E-state index contributed by atoms with van der Waals surface area (Å²) in [6.07, 6.45) is 4.63. The van der Waals surface area contributed by atoms with Gasteiger partial charge in [-0.3, -0.25) is 9.59 Å². The quantitative estimate of drug-likeness (QED) is 0.413. The number of hydrogen-bond donors (Lipinski definition) is 1. The number of rotatable bonds is 10. The summed E-state index contributed by atoms with van der Waals surface area (Å²) in [7, 11) is 0. The van der Waals surface area contributed by atoms with Gasteiger partial charge in [0.05, 0.1) is 0 Å². The summed E-state index contributed by atoms with van der Waals surface area (Å²) in [4.78, 5) is 28.8. The standard InChI is InChI=1S/C29H31ClN2O3/c30-24-14-9-17-26(19-24)35-21-28(33)32(20-23-12-5-2-6-13-23)27(18-22-10-3-1-4-11-22)29(34)31-25-15-7-8-16-25/h1-6,9-14,17,19,25,27H,7-8,15-16,18,20-21H2,(H,31,34)/t27-/m0/s1. The van der Waals surface area contributed by atoms with Crippen molar-refractivity contribution in [1.29, 1.82) is 0 Å². The molecule has 3 aromatic carbocycles. The zero-order valence-corrected chi connectivity index (χ0v) is 20.5. The van der Waals surface area contributed by atoms with Gasteiger partial charge < -0.3 is 15.0 Å². The maximum absolute atomic E-state index is 13.6. The lowest BCUT2D eigenvalue weighted by Crippen LogP contribution is -2.53. The average Bonchev–Trinajstić information content (AvgIpc) is 3.39. The molecule has 5 nitrogen and oxygen atoms in total. The minimum absolute atomic E-state index is 0.118. The van der Waals surface area contributed by atoms with E-state index in [9.17, 15) is 9.59 Å². The van der Waals surface area contributed by atoms with Crippen LogP contribution in [0.5, 0.6) is 5.75 Å². The van der Waals surface area contributed by atoms with Gasteiger partial charge in [0.2, 0.25) is 5.91 Å². The Kier molecular flexibility index (Phi) is 8.79. The molecule has 2 amide bonds. The van der Waals surface area contributed by atoms with E-state index in [0.29, 0.717) is 23.7 Å². The number of carbonyl (C=O) groups is 2. The first-order valence-corrected chi connectivity index (χ1v) is 12.5. The highest BCUT2D eigenvalue weighted by molar-refractivity contribution is 6.30. The summed E-state index contributed by atoms with van der Waals surface area (Å²) in [6, 6.07) is 26.0. The Morgan fingerprint density at radius 2 is 1.57 bits per heavy atom. The van der Waals surface area contributed by atoms with E-state index in [1.165, 1.54) is 0 Å². The number of nitrogens with one attached hydrogen (secondary N) is 1. The fraction of sp³-hybridized carbons (Fsp3) is 0.310. The first kappa shape index (κ1) is 24.8. The van der Waals surface area contributed by atoms with Gasteiger partial charge in [0, 0.05) is 24.0 Å². The molecule has 4 rings (SSSR count). The SMILES string of the molecule is O=C(NC1CCCC1)[C@H](Cc1ccccc1)N(Cc1ccccc1)C(=O)COc1cccc(Cl)c1. The summed E-state index contributed by atoms with van der Waals surface area (Å²) in [6.45, 7) is 0.128. The van der Waals surface area contributed by atoms with Crippen LogP contribution in [-0.4, -0.2) is 35.4 Å². The number of amides is 2. The lowest BCUT2D eigenvalue weighted by atomic mass is 10.0. The van der Waals surface area contributed by atoms with Crippen molar-refractivity contribution in [3.63, 3.8) is 0 Å². The second-order valence-corrected chi connectivity index (χ2v) is 9.39. The zero-order chi connectivity index (χ0) is 24.5. The van der Waals surface area contributed by atoms with Crippen LogP contribution in [-0.2, 0) is 22.6 Å².